The third-order valence-electron chi connectivity index (χ3n) is 8.87. The van der Waals surface area contributed by atoms with Gasteiger partial charge in [0.25, 0.3) is 0 Å². The fourth-order valence-corrected chi connectivity index (χ4v) is 7.57. The van der Waals surface area contributed by atoms with Crippen LogP contribution >= 0.6 is 0 Å². The molecule has 150 valence electrons. The number of allylic oxidation sites excluding steroid dienone is 2. The largest absolute Gasteiger partial charge is 0.423 e. The standard InChI is InChI=1S/C23H27FO4/c1-10-7-12-14(5-6-22(3)15(12)9-17(24)21(22)27)23(4)16-8-13(16)19(26)20(18(10)23)28-11(2)25/h12-17H,1,5-9H2,2-4H3/t12-,13+,14+,15+,16?,17-,22+,23+/m1/s1. The molecule has 8 atom stereocenters. The molecule has 1 unspecified atom stereocenters. The van der Waals surface area contributed by atoms with E-state index >= 15 is 0 Å². The molecule has 4 nitrogen and oxygen atoms in total. The molecule has 5 heteroatoms. The first-order valence-corrected chi connectivity index (χ1v) is 10.4. The molecule has 0 saturated heterocycles. The highest BCUT2D eigenvalue weighted by atomic mass is 19.1. The highest BCUT2D eigenvalue weighted by Gasteiger charge is 2.69. The predicted octanol–water partition coefficient (Wildman–Crippen LogP) is 3.95. The molecule has 0 amide bonds. The minimum Gasteiger partial charge on any atom is -0.423 e. The van der Waals surface area contributed by atoms with Gasteiger partial charge in [0.2, 0.25) is 5.78 Å². The SMILES string of the molecule is C=C1C[C@H]2[C@@H]3C[C@@H](F)C(=O)[C@@]3(C)CC[C@@H]2[C@]2(C)C1=C(OC(C)=O)C(=O)[C@H]1CC12. The quantitative estimate of drug-likeness (QED) is 0.640. The van der Waals surface area contributed by atoms with Gasteiger partial charge in [0, 0.05) is 29.2 Å². The highest BCUT2D eigenvalue weighted by molar-refractivity contribution is 6.02. The molecule has 0 spiro atoms. The summed E-state index contributed by atoms with van der Waals surface area (Å²) in [7, 11) is 0. The van der Waals surface area contributed by atoms with Gasteiger partial charge in [-0.05, 0) is 61.3 Å². The molecule has 5 aliphatic rings. The number of ketones is 2. The highest BCUT2D eigenvalue weighted by Crippen LogP contribution is 2.72. The molecule has 4 saturated carbocycles. The van der Waals surface area contributed by atoms with Gasteiger partial charge in [-0.3, -0.25) is 14.4 Å². The molecule has 0 heterocycles. The van der Waals surface area contributed by atoms with Crippen LogP contribution in [0.15, 0.2) is 23.5 Å². The van der Waals surface area contributed by atoms with E-state index < -0.39 is 17.6 Å². The average Bonchev–Trinajstić information content (AvgIpc) is 3.38. The summed E-state index contributed by atoms with van der Waals surface area (Å²) in [6.45, 7) is 9.73. The number of ether oxygens (including phenoxy) is 1. The Labute approximate surface area is 164 Å². The van der Waals surface area contributed by atoms with Crippen molar-refractivity contribution in [2.75, 3.05) is 0 Å². The molecule has 5 aliphatic carbocycles. The van der Waals surface area contributed by atoms with Gasteiger partial charge in [0.1, 0.15) is 0 Å². The van der Waals surface area contributed by atoms with Crippen LogP contribution in [0.25, 0.3) is 0 Å². The number of alkyl halides is 1. The predicted molar refractivity (Wildman–Crippen MR) is 99.6 cm³/mol. The Hall–Kier alpha value is -1.78. The number of Topliss-reactive ketones (excluding diaryl/α,β-unsaturated/α-hetero) is 2. The maximum absolute atomic E-state index is 14.4. The minimum absolute atomic E-state index is 0.0240. The number of rotatable bonds is 1. The summed E-state index contributed by atoms with van der Waals surface area (Å²) in [6.07, 6.45) is 1.95. The van der Waals surface area contributed by atoms with E-state index in [4.69, 9.17) is 4.74 Å². The van der Waals surface area contributed by atoms with Crippen molar-refractivity contribution in [1.29, 1.82) is 0 Å². The van der Waals surface area contributed by atoms with E-state index in [2.05, 4.69) is 13.5 Å². The Bertz CT molecular complexity index is 872. The second kappa shape index (κ2) is 5.43. The molecule has 0 aromatic rings. The number of fused-ring (bicyclic) bond motifs is 7. The Kier molecular flexibility index (Phi) is 3.54. The molecular weight excluding hydrogens is 359 g/mol. The molecule has 4 fully saturated rings. The zero-order valence-electron chi connectivity index (χ0n) is 16.7. The molecule has 28 heavy (non-hydrogen) atoms. The first-order valence-electron chi connectivity index (χ1n) is 10.4. The van der Waals surface area contributed by atoms with E-state index in [1.807, 2.05) is 6.92 Å². The van der Waals surface area contributed by atoms with Crippen LogP contribution in [-0.2, 0) is 19.1 Å². The van der Waals surface area contributed by atoms with Gasteiger partial charge in [-0.25, -0.2) is 4.39 Å². The molecule has 0 N–H and O–H groups in total. The molecule has 0 bridgehead atoms. The van der Waals surface area contributed by atoms with Crippen LogP contribution in [0.5, 0.6) is 0 Å². The molecule has 0 aromatic carbocycles. The van der Waals surface area contributed by atoms with Crippen molar-refractivity contribution in [3.63, 3.8) is 0 Å². The summed E-state index contributed by atoms with van der Waals surface area (Å²) in [5, 5.41) is 0. The van der Waals surface area contributed by atoms with Crippen molar-refractivity contribution in [1.82, 2.24) is 0 Å². The Balaban J connectivity index is 1.62. The van der Waals surface area contributed by atoms with Gasteiger partial charge in [-0.1, -0.05) is 20.4 Å². The lowest BCUT2D eigenvalue weighted by Gasteiger charge is -2.57. The third-order valence-corrected chi connectivity index (χ3v) is 8.87. The normalized spacial score (nSPS) is 49.2. The summed E-state index contributed by atoms with van der Waals surface area (Å²) in [5.74, 6) is 0.0705. The zero-order valence-corrected chi connectivity index (χ0v) is 16.7. The topological polar surface area (TPSA) is 60.4 Å². The van der Waals surface area contributed by atoms with E-state index in [0.717, 1.165) is 24.0 Å². The molecule has 0 aromatic heterocycles. The van der Waals surface area contributed by atoms with E-state index in [-0.39, 0.29) is 52.3 Å². The monoisotopic (exact) mass is 386 g/mol. The Morgan fingerprint density at radius 2 is 1.89 bits per heavy atom. The fourth-order valence-electron chi connectivity index (χ4n) is 7.57. The van der Waals surface area contributed by atoms with Crippen molar-refractivity contribution >= 4 is 17.5 Å². The average molecular weight is 386 g/mol. The molecule has 0 aliphatic heterocycles. The van der Waals surface area contributed by atoms with Gasteiger partial charge < -0.3 is 4.74 Å². The van der Waals surface area contributed by atoms with E-state index in [1.54, 1.807) is 0 Å². The third kappa shape index (κ3) is 2.03. The van der Waals surface area contributed by atoms with Crippen molar-refractivity contribution < 1.29 is 23.5 Å². The number of halogens is 1. The first-order chi connectivity index (χ1) is 13.1. The van der Waals surface area contributed by atoms with Gasteiger partial charge in [0.05, 0.1) is 0 Å². The summed E-state index contributed by atoms with van der Waals surface area (Å²) in [5.41, 5.74) is 0.794. The number of hydrogen-bond acceptors (Lipinski definition) is 4. The van der Waals surface area contributed by atoms with Crippen molar-refractivity contribution in [2.45, 2.75) is 59.0 Å². The van der Waals surface area contributed by atoms with Gasteiger partial charge >= 0.3 is 5.97 Å². The lowest BCUT2D eigenvalue weighted by Crippen LogP contribution is -2.52. The van der Waals surface area contributed by atoms with E-state index in [9.17, 15) is 18.8 Å². The number of esters is 1. The van der Waals surface area contributed by atoms with Crippen LogP contribution in [0.1, 0.15) is 52.9 Å². The van der Waals surface area contributed by atoms with Crippen LogP contribution in [-0.4, -0.2) is 23.7 Å². The zero-order chi connectivity index (χ0) is 20.2. The Morgan fingerprint density at radius 3 is 2.57 bits per heavy atom. The van der Waals surface area contributed by atoms with Gasteiger partial charge in [-0.2, -0.15) is 0 Å². The summed E-state index contributed by atoms with van der Waals surface area (Å²) in [6, 6.07) is 0. The second-order valence-electron chi connectivity index (χ2n) is 10.1. The lowest BCUT2D eigenvalue weighted by molar-refractivity contribution is -0.142. The smallest absolute Gasteiger partial charge is 0.308 e. The van der Waals surface area contributed by atoms with Crippen LogP contribution in [0.4, 0.5) is 4.39 Å². The van der Waals surface area contributed by atoms with Crippen LogP contribution in [0.2, 0.25) is 0 Å². The first kappa shape index (κ1) is 18.3. The Morgan fingerprint density at radius 1 is 1.18 bits per heavy atom. The summed E-state index contributed by atoms with van der Waals surface area (Å²) < 4.78 is 19.8. The minimum atomic E-state index is -1.36. The van der Waals surface area contributed by atoms with Crippen molar-refractivity contribution in [2.24, 2.45) is 40.4 Å². The van der Waals surface area contributed by atoms with E-state index in [0.29, 0.717) is 19.3 Å². The maximum Gasteiger partial charge on any atom is 0.308 e. The van der Waals surface area contributed by atoms with Gasteiger partial charge in [0.15, 0.2) is 17.7 Å². The number of hydrogen-bond donors (Lipinski definition) is 0. The molecular formula is C23H27FO4. The van der Waals surface area contributed by atoms with Crippen LogP contribution in [0.3, 0.4) is 0 Å². The molecule has 5 rings (SSSR count). The summed E-state index contributed by atoms with van der Waals surface area (Å²) >= 11 is 0. The number of carbonyl (C=O) groups is 3. The molecule has 0 radical (unpaired) electrons. The van der Waals surface area contributed by atoms with Gasteiger partial charge in [-0.15, -0.1) is 0 Å². The number of carbonyl (C=O) groups excluding carboxylic acids is 3. The fraction of sp³-hybridized carbons (Fsp3) is 0.696. The lowest BCUT2D eigenvalue weighted by atomic mass is 9.46. The summed E-state index contributed by atoms with van der Waals surface area (Å²) in [4.78, 5) is 37.1. The van der Waals surface area contributed by atoms with E-state index in [1.165, 1.54) is 6.92 Å². The maximum atomic E-state index is 14.4. The van der Waals surface area contributed by atoms with Crippen molar-refractivity contribution in [3.05, 3.63) is 23.5 Å². The van der Waals surface area contributed by atoms with Crippen LogP contribution in [0, 0.1) is 40.4 Å². The van der Waals surface area contributed by atoms with Crippen molar-refractivity contribution in [3.8, 4) is 0 Å². The second-order valence-corrected chi connectivity index (χ2v) is 10.1. The van der Waals surface area contributed by atoms with Crippen LogP contribution < -0.4 is 0 Å².